The third-order valence-electron chi connectivity index (χ3n) is 3.55. The molecule has 0 spiro atoms. The first kappa shape index (κ1) is 16.9. The minimum Gasteiger partial charge on any atom is -0.250 e. The minimum atomic E-state index is 0.421. The van der Waals surface area contributed by atoms with Gasteiger partial charge < -0.3 is 0 Å². The van der Waals surface area contributed by atoms with Gasteiger partial charge in [-0.3, -0.25) is 0 Å². The molecule has 4 nitrogen and oxygen atoms in total. The van der Waals surface area contributed by atoms with Crippen LogP contribution in [0.3, 0.4) is 0 Å². The lowest BCUT2D eigenvalue weighted by atomic mass is 10.1. The SMILES string of the molecule is C/C(=N/n1c(-c2ccc(C)cc2)n[nH]c1=S)c1ccc(Cl)c(Cl)c1. The molecule has 2 aromatic carbocycles. The van der Waals surface area contributed by atoms with Crippen molar-refractivity contribution < 1.29 is 0 Å². The summed E-state index contributed by atoms with van der Waals surface area (Å²) < 4.78 is 2.03. The summed E-state index contributed by atoms with van der Waals surface area (Å²) in [6.07, 6.45) is 0. The zero-order valence-electron chi connectivity index (χ0n) is 13.0. The third kappa shape index (κ3) is 3.43. The Balaban J connectivity index is 2.06. The van der Waals surface area contributed by atoms with Crippen molar-refractivity contribution in [2.75, 3.05) is 0 Å². The molecule has 1 N–H and O–H groups in total. The van der Waals surface area contributed by atoms with Gasteiger partial charge in [-0.2, -0.15) is 14.9 Å². The van der Waals surface area contributed by atoms with Crippen molar-refractivity contribution in [3.05, 3.63) is 68.4 Å². The predicted molar refractivity (Wildman–Crippen MR) is 102 cm³/mol. The molecule has 3 rings (SSSR count). The highest BCUT2D eigenvalue weighted by atomic mass is 35.5. The molecular weight excluding hydrogens is 363 g/mol. The molecule has 0 saturated heterocycles. The molecule has 1 aromatic heterocycles. The van der Waals surface area contributed by atoms with E-state index in [2.05, 4.69) is 15.3 Å². The van der Waals surface area contributed by atoms with E-state index >= 15 is 0 Å². The van der Waals surface area contributed by atoms with Crippen molar-refractivity contribution in [3.8, 4) is 11.4 Å². The number of aryl methyl sites for hydroxylation is 1. The summed E-state index contributed by atoms with van der Waals surface area (Å²) in [6.45, 7) is 3.92. The van der Waals surface area contributed by atoms with Gasteiger partial charge in [0.2, 0.25) is 4.77 Å². The number of nitrogens with zero attached hydrogens (tertiary/aromatic N) is 3. The molecule has 122 valence electrons. The maximum atomic E-state index is 6.08. The molecule has 0 bridgehead atoms. The first-order chi connectivity index (χ1) is 11.5. The number of aromatic amines is 1. The Morgan fingerprint density at radius 1 is 1.12 bits per heavy atom. The van der Waals surface area contributed by atoms with E-state index in [1.54, 1.807) is 16.8 Å². The largest absolute Gasteiger partial charge is 0.250 e. The molecule has 24 heavy (non-hydrogen) atoms. The Morgan fingerprint density at radius 2 is 1.83 bits per heavy atom. The highest BCUT2D eigenvalue weighted by Gasteiger charge is 2.10. The molecular formula is C17H14Cl2N4S. The summed E-state index contributed by atoms with van der Waals surface area (Å²) in [6, 6.07) is 13.4. The van der Waals surface area contributed by atoms with E-state index in [9.17, 15) is 0 Å². The fraction of sp³-hybridized carbons (Fsp3) is 0.118. The van der Waals surface area contributed by atoms with Gasteiger partial charge in [-0.05, 0) is 43.8 Å². The molecule has 7 heteroatoms. The van der Waals surface area contributed by atoms with Crippen molar-refractivity contribution in [1.82, 2.24) is 14.9 Å². The first-order valence-electron chi connectivity index (χ1n) is 7.21. The Kier molecular flexibility index (Phi) is 4.85. The second-order valence-corrected chi connectivity index (χ2v) is 6.55. The van der Waals surface area contributed by atoms with E-state index in [0.717, 1.165) is 16.8 Å². The van der Waals surface area contributed by atoms with E-state index in [-0.39, 0.29) is 0 Å². The van der Waals surface area contributed by atoms with Crippen LogP contribution >= 0.6 is 35.4 Å². The molecule has 0 unspecified atom stereocenters. The average molecular weight is 377 g/mol. The van der Waals surface area contributed by atoms with Gasteiger partial charge in [0.25, 0.3) is 0 Å². The lowest BCUT2D eigenvalue weighted by Crippen LogP contribution is -2.01. The number of hydrogen-bond donors (Lipinski definition) is 1. The van der Waals surface area contributed by atoms with Crippen LogP contribution in [-0.2, 0) is 0 Å². The van der Waals surface area contributed by atoms with E-state index < -0.39 is 0 Å². The van der Waals surface area contributed by atoms with E-state index in [0.29, 0.717) is 20.6 Å². The lowest BCUT2D eigenvalue weighted by molar-refractivity contribution is 0.864. The highest BCUT2D eigenvalue weighted by molar-refractivity contribution is 7.71. The topological polar surface area (TPSA) is 46.0 Å². The fourth-order valence-electron chi connectivity index (χ4n) is 2.20. The summed E-state index contributed by atoms with van der Waals surface area (Å²) in [5, 5.41) is 12.7. The highest BCUT2D eigenvalue weighted by Crippen LogP contribution is 2.23. The van der Waals surface area contributed by atoms with Crippen LogP contribution in [0.15, 0.2) is 47.6 Å². The smallest absolute Gasteiger partial charge is 0.216 e. The Labute approximate surface area is 154 Å². The van der Waals surface area contributed by atoms with Gasteiger partial charge in [0.05, 0.1) is 15.8 Å². The molecule has 0 amide bonds. The molecule has 3 aromatic rings. The van der Waals surface area contributed by atoms with Gasteiger partial charge in [-0.1, -0.05) is 59.1 Å². The van der Waals surface area contributed by atoms with Crippen LogP contribution < -0.4 is 0 Å². The van der Waals surface area contributed by atoms with Crippen LogP contribution in [0.2, 0.25) is 10.0 Å². The summed E-state index contributed by atoms with van der Waals surface area (Å²) >= 11 is 17.3. The van der Waals surface area contributed by atoms with Crippen molar-refractivity contribution >= 4 is 41.1 Å². The van der Waals surface area contributed by atoms with Gasteiger partial charge in [0.1, 0.15) is 0 Å². The van der Waals surface area contributed by atoms with Crippen LogP contribution in [-0.4, -0.2) is 20.6 Å². The number of nitrogens with one attached hydrogen (secondary N) is 1. The zero-order chi connectivity index (χ0) is 17.3. The predicted octanol–water partition coefficient (Wildman–Crippen LogP) is 5.50. The fourth-order valence-corrected chi connectivity index (χ4v) is 2.67. The molecule has 0 atom stereocenters. The van der Waals surface area contributed by atoms with Crippen molar-refractivity contribution in [2.45, 2.75) is 13.8 Å². The lowest BCUT2D eigenvalue weighted by Gasteiger charge is -2.05. The summed E-state index contributed by atoms with van der Waals surface area (Å²) in [7, 11) is 0. The number of H-pyrrole nitrogens is 1. The minimum absolute atomic E-state index is 0.421. The van der Waals surface area contributed by atoms with E-state index in [1.165, 1.54) is 5.56 Å². The number of aromatic nitrogens is 3. The number of hydrogen-bond acceptors (Lipinski definition) is 3. The molecule has 0 radical (unpaired) electrons. The van der Waals surface area contributed by atoms with Gasteiger partial charge >= 0.3 is 0 Å². The Morgan fingerprint density at radius 3 is 2.50 bits per heavy atom. The molecule has 0 saturated carbocycles. The summed E-state index contributed by atoms with van der Waals surface area (Å²) in [4.78, 5) is 0. The van der Waals surface area contributed by atoms with E-state index in [1.807, 2.05) is 44.2 Å². The summed E-state index contributed by atoms with van der Waals surface area (Å²) in [5.41, 5.74) is 3.72. The van der Waals surface area contributed by atoms with Crippen LogP contribution in [0.1, 0.15) is 18.1 Å². The second kappa shape index (κ2) is 6.89. The van der Waals surface area contributed by atoms with Gasteiger partial charge in [-0.15, -0.1) is 0 Å². The zero-order valence-corrected chi connectivity index (χ0v) is 15.4. The van der Waals surface area contributed by atoms with E-state index in [4.69, 9.17) is 35.4 Å². The van der Waals surface area contributed by atoms with Crippen LogP contribution in [0.5, 0.6) is 0 Å². The quantitative estimate of drug-likeness (QED) is 0.484. The number of rotatable bonds is 3. The van der Waals surface area contributed by atoms with Crippen molar-refractivity contribution in [2.24, 2.45) is 5.10 Å². The van der Waals surface area contributed by atoms with Crippen molar-refractivity contribution in [3.63, 3.8) is 0 Å². The first-order valence-corrected chi connectivity index (χ1v) is 8.37. The van der Waals surface area contributed by atoms with Gasteiger partial charge in [-0.25, -0.2) is 5.10 Å². The van der Waals surface area contributed by atoms with Crippen LogP contribution in [0, 0.1) is 11.7 Å². The van der Waals surface area contributed by atoms with Gasteiger partial charge in [0, 0.05) is 5.56 Å². The Bertz CT molecular complexity index is 971. The molecule has 0 aliphatic rings. The standard InChI is InChI=1S/C17H14Cl2N4S/c1-10-3-5-12(6-4-10)16-20-21-17(24)23(16)22-11(2)13-7-8-14(18)15(19)9-13/h3-9H,1-2H3,(H,21,24)/b22-11-. The van der Waals surface area contributed by atoms with Crippen LogP contribution in [0.4, 0.5) is 0 Å². The van der Waals surface area contributed by atoms with Crippen LogP contribution in [0.25, 0.3) is 11.4 Å². The normalized spacial score (nSPS) is 11.8. The monoisotopic (exact) mass is 376 g/mol. The Hall–Kier alpha value is -1.95. The molecule has 1 heterocycles. The molecule has 0 aliphatic carbocycles. The van der Waals surface area contributed by atoms with Crippen molar-refractivity contribution in [1.29, 1.82) is 0 Å². The number of halogens is 2. The molecule has 0 aliphatic heterocycles. The summed E-state index contributed by atoms with van der Waals surface area (Å²) in [5.74, 6) is 0.652. The average Bonchev–Trinajstić information content (AvgIpc) is 2.92. The molecule has 0 fully saturated rings. The van der Waals surface area contributed by atoms with Gasteiger partial charge in [0.15, 0.2) is 5.82 Å². The third-order valence-corrected chi connectivity index (χ3v) is 4.55. The second-order valence-electron chi connectivity index (χ2n) is 5.34. The maximum absolute atomic E-state index is 6.08. The maximum Gasteiger partial charge on any atom is 0.216 e. The number of benzene rings is 2.